The Kier molecular flexibility index (Phi) is 6.80. The van der Waals surface area contributed by atoms with Gasteiger partial charge in [-0.3, -0.25) is 4.79 Å². The first-order chi connectivity index (χ1) is 9.75. The number of ether oxygens (including phenoxy) is 1. The largest absolute Gasteiger partial charge is 0.368 e. The van der Waals surface area contributed by atoms with Crippen LogP contribution in [0.1, 0.15) is 58.3 Å². The topological polar surface area (TPSA) is 50.4 Å². The molecule has 0 bridgehead atoms. The molecule has 116 valence electrons. The van der Waals surface area contributed by atoms with Gasteiger partial charge in [-0.1, -0.05) is 25.7 Å². The molecule has 0 aromatic carbocycles. The molecule has 0 aromatic rings. The summed E-state index contributed by atoms with van der Waals surface area (Å²) in [5.41, 5.74) is 0. The van der Waals surface area contributed by atoms with E-state index in [1.54, 1.807) is 0 Å². The lowest BCUT2D eigenvalue weighted by Gasteiger charge is -2.25. The van der Waals surface area contributed by atoms with Crippen LogP contribution in [-0.2, 0) is 9.53 Å². The fraction of sp³-hybridized carbons (Fsp3) is 0.938. The molecular weight excluding hydrogens is 252 g/mol. The first-order valence-electron chi connectivity index (χ1n) is 8.37. The average Bonchev–Trinajstić information content (AvgIpc) is 2.75. The van der Waals surface area contributed by atoms with Gasteiger partial charge in [0.25, 0.3) is 0 Å². The molecule has 1 atom stereocenters. The number of amides is 1. The molecule has 1 aliphatic heterocycles. The van der Waals surface area contributed by atoms with Gasteiger partial charge in [0, 0.05) is 6.04 Å². The highest BCUT2D eigenvalue weighted by Gasteiger charge is 2.21. The Morgan fingerprint density at radius 3 is 2.45 bits per heavy atom. The summed E-state index contributed by atoms with van der Waals surface area (Å²) in [6, 6.07) is 0.289. The van der Waals surface area contributed by atoms with Crippen molar-refractivity contribution in [2.45, 2.75) is 70.4 Å². The SMILES string of the molecule is C[C@@H](NC(=O)COC1CCNCC1)C1CCCCCC1. The van der Waals surface area contributed by atoms with Gasteiger partial charge in [0.2, 0.25) is 5.91 Å². The molecule has 0 radical (unpaired) electrons. The van der Waals surface area contributed by atoms with Crippen LogP contribution in [0.5, 0.6) is 0 Å². The maximum Gasteiger partial charge on any atom is 0.246 e. The highest BCUT2D eigenvalue weighted by atomic mass is 16.5. The van der Waals surface area contributed by atoms with Gasteiger partial charge in [0.1, 0.15) is 6.61 Å². The normalized spacial score (nSPS) is 24.1. The number of hydrogen-bond donors (Lipinski definition) is 2. The summed E-state index contributed by atoms with van der Waals surface area (Å²) >= 11 is 0. The molecular formula is C16H30N2O2. The van der Waals surface area contributed by atoms with Gasteiger partial charge < -0.3 is 15.4 Å². The predicted molar refractivity (Wildman–Crippen MR) is 80.6 cm³/mol. The maximum atomic E-state index is 12.0. The molecule has 1 heterocycles. The predicted octanol–water partition coefficient (Wildman–Crippen LogP) is 2.23. The van der Waals surface area contributed by atoms with E-state index in [4.69, 9.17) is 4.74 Å². The zero-order chi connectivity index (χ0) is 14.2. The van der Waals surface area contributed by atoms with Crippen LogP contribution >= 0.6 is 0 Å². The monoisotopic (exact) mass is 282 g/mol. The second-order valence-corrected chi connectivity index (χ2v) is 6.37. The molecule has 0 aromatic heterocycles. The maximum absolute atomic E-state index is 12.0. The smallest absolute Gasteiger partial charge is 0.246 e. The van der Waals surface area contributed by atoms with E-state index in [-0.39, 0.29) is 24.7 Å². The van der Waals surface area contributed by atoms with Crippen molar-refractivity contribution >= 4 is 5.91 Å². The standard InChI is InChI=1S/C16H30N2O2/c1-13(14-6-4-2-3-5-7-14)18-16(19)12-20-15-8-10-17-11-9-15/h13-15,17H,2-12H2,1H3,(H,18,19)/t13-/m1/s1. The van der Waals surface area contributed by atoms with Crippen LogP contribution in [0, 0.1) is 5.92 Å². The highest BCUT2D eigenvalue weighted by Crippen LogP contribution is 2.25. The summed E-state index contributed by atoms with van der Waals surface area (Å²) in [6.07, 6.45) is 10.2. The van der Waals surface area contributed by atoms with Crippen LogP contribution in [0.2, 0.25) is 0 Å². The lowest BCUT2D eigenvalue weighted by atomic mass is 9.93. The Morgan fingerprint density at radius 1 is 1.15 bits per heavy atom. The molecule has 20 heavy (non-hydrogen) atoms. The van der Waals surface area contributed by atoms with E-state index in [0.29, 0.717) is 5.92 Å². The lowest BCUT2D eigenvalue weighted by Crippen LogP contribution is -2.41. The molecule has 1 saturated carbocycles. The number of piperidine rings is 1. The fourth-order valence-electron chi connectivity index (χ4n) is 3.38. The second-order valence-electron chi connectivity index (χ2n) is 6.37. The molecule has 4 heteroatoms. The molecule has 2 aliphatic rings. The van der Waals surface area contributed by atoms with Gasteiger partial charge in [-0.15, -0.1) is 0 Å². The van der Waals surface area contributed by atoms with E-state index in [0.717, 1.165) is 25.9 Å². The summed E-state index contributed by atoms with van der Waals surface area (Å²) in [5.74, 6) is 0.709. The molecule has 4 nitrogen and oxygen atoms in total. The third-order valence-corrected chi connectivity index (χ3v) is 4.73. The molecule has 0 spiro atoms. The van der Waals surface area contributed by atoms with Gasteiger partial charge in [-0.2, -0.15) is 0 Å². The minimum absolute atomic E-state index is 0.0558. The quantitative estimate of drug-likeness (QED) is 0.760. The van der Waals surface area contributed by atoms with E-state index in [1.807, 2.05) is 0 Å². The highest BCUT2D eigenvalue weighted by molar-refractivity contribution is 5.77. The number of rotatable bonds is 5. The van der Waals surface area contributed by atoms with Gasteiger partial charge in [-0.25, -0.2) is 0 Å². The van der Waals surface area contributed by atoms with E-state index < -0.39 is 0 Å². The van der Waals surface area contributed by atoms with Crippen molar-refractivity contribution < 1.29 is 9.53 Å². The molecule has 1 aliphatic carbocycles. The Bertz CT molecular complexity index is 282. The first kappa shape index (κ1) is 15.8. The average molecular weight is 282 g/mol. The van der Waals surface area contributed by atoms with Crippen LogP contribution in [0.15, 0.2) is 0 Å². The molecule has 2 fully saturated rings. The zero-order valence-electron chi connectivity index (χ0n) is 12.8. The van der Waals surface area contributed by atoms with Gasteiger partial charge >= 0.3 is 0 Å². The summed E-state index contributed by atoms with van der Waals surface area (Å²) < 4.78 is 5.71. The van der Waals surface area contributed by atoms with Gasteiger partial charge in [0.15, 0.2) is 0 Å². The zero-order valence-corrected chi connectivity index (χ0v) is 12.8. The van der Waals surface area contributed by atoms with Crippen LogP contribution in [-0.4, -0.2) is 37.7 Å². The van der Waals surface area contributed by atoms with E-state index in [2.05, 4.69) is 17.6 Å². The summed E-state index contributed by atoms with van der Waals surface area (Å²) in [4.78, 5) is 12.0. The second kappa shape index (κ2) is 8.63. The summed E-state index contributed by atoms with van der Waals surface area (Å²) in [7, 11) is 0. The van der Waals surface area contributed by atoms with E-state index >= 15 is 0 Å². The fourth-order valence-corrected chi connectivity index (χ4v) is 3.38. The van der Waals surface area contributed by atoms with Crippen LogP contribution in [0.4, 0.5) is 0 Å². The summed E-state index contributed by atoms with van der Waals surface area (Å²) in [5, 5.41) is 6.44. The van der Waals surface area contributed by atoms with E-state index in [9.17, 15) is 4.79 Å². The molecule has 2 rings (SSSR count). The minimum Gasteiger partial charge on any atom is -0.368 e. The van der Waals surface area contributed by atoms with Crippen molar-refractivity contribution in [1.29, 1.82) is 0 Å². The van der Waals surface area contributed by atoms with Gasteiger partial charge in [0.05, 0.1) is 6.10 Å². The Morgan fingerprint density at radius 2 is 1.80 bits per heavy atom. The van der Waals surface area contributed by atoms with Crippen LogP contribution in [0.25, 0.3) is 0 Å². The van der Waals surface area contributed by atoms with Gasteiger partial charge in [-0.05, 0) is 51.6 Å². The van der Waals surface area contributed by atoms with Crippen molar-refractivity contribution in [3.8, 4) is 0 Å². The number of nitrogens with one attached hydrogen (secondary N) is 2. The summed E-state index contributed by atoms with van der Waals surface area (Å²) in [6.45, 7) is 4.38. The lowest BCUT2D eigenvalue weighted by molar-refractivity contribution is -0.129. The number of carbonyl (C=O) groups excluding carboxylic acids is 1. The minimum atomic E-state index is 0.0558. The Labute approximate surface area is 123 Å². The van der Waals surface area contributed by atoms with Crippen molar-refractivity contribution in [3.63, 3.8) is 0 Å². The molecule has 1 amide bonds. The molecule has 0 unspecified atom stereocenters. The van der Waals surface area contributed by atoms with Crippen molar-refractivity contribution in [3.05, 3.63) is 0 Å². The van der Waals surface area contributed by atoms with E-state index in [1.165, 1.54) is 38.5 Å². The molecule has 2 N–H and O–H groups in total. The van der Waals surface area contributed by atoms with Crippen molar-refractivity contribution in [1.82, 2.24) is 10.6 Å². The van der Waals surface area contributed by atoms with Crippen LogP contribution < -0.4 is 10.6 Å². The van der Waals surface area contributed by atoms with Crippen molar-refractivity contribution in [2.24, 2.45) is 5.92 Å². The van der Waals surface area contributed by atoms with Crippen molar-refractivity contribution in [2.75, 3.05) is 19.7 Å². The number of hydrogen-bond acceptors (Lipinski definition) is 3. The first-order valence-corrected chi connectivity index (χ1v) is 8.37. The number of carbonyl (C=O) groups is 1. The third kappa shape index (κ3) is 5.41. The third-order valence-electron chi connectivity index (χ3n) is 4.73. The Balaban J connectivity index is 1.64. The van der Waals surface area contributed by atoms with Crippen LogP contribution in [0.3, 0.4) is 0 Å². The molecule has 1 saturated heterocycles. The Hall–Kier alpha value is -0.610.